The highest BCUT2D eigenvalue weighted by molar-refractivity contribution is 9.10. The Labute approximate surface area is 135 Å². The number of anilines is 1. The summed E-state index contributed by atoms with van der Waals surface area (Å²) in [6, 6.07) is 1.88. The fraction of sp³-hybridized carbons (Fsp3) is 0.667. The lowest BCUT2D eigenvalue weighted by Crippen LogP contribution is -2.52. The molecule has 1 fully saturated rings. The standard InChI is InChI=1S/C15H23BrClN3/c1-11-5-4-6-15(8-11,20(2)3)10-19-14-13(17)7-12(16)9-18-14/h7,9,11H,4-6,8,10H2,1-3H3,(H,18,19). The third kappa shape index (κ3) is 3.66. The molecule has 5 heteroatoms. The number of aromatic nitrogens is 1. The Balaban J connectivity index is 2.09. The number of nitrogens with one attached hydrogen (secondary N) is 1. The molecular weight excluding hydrogens is 338 g/mol. The lowest BCUT2D eigenvalue weighted by Gasteiger charge is -2.45. The molecule has 0 bridgehead atoms. The molecule has 2 unspecified atom stereocenters. The van der Waals surface area contributed by atoms with Gasteiger partial charge in [0.05, 0.1) is 5.02 Å². The highest BCUT2D eigenvalue weighted by Crippen LogP contribution is 2.36. The lowest BCUT2D eigenvalue weighted by molar-refractivity contribution is 0.0882. The fourth-order valence-corrected chi connectivity index (χ4v) is 3.85. The van der Waals surface area contributed by atoms with Crippen molar-refractivity contribution in [2.75, 3.05) is 26.0 Å². The first-order valence-electron chi connectivity index (χ1n) is 7.15. The number of nitrogens with zero attached hydrogens (tertiary/aromatic N) is 2. The third-order valence-electron chi connectivity index (χ3n) is 4.41. The van der Waals surface area contributed by atoms with Crippen molar-refractivity contribution in [3.8, 4) is 0 Å². The van der Waals surface area contributed by atoms with Gasteiger partial charge in [-0.25, -0.2) is 4.98 Å². The van der Waals surface area contributed by atoms with Crippen molar-refractivity contribution in [2.45, 2.75) is 38.1 Å². The molecular formula is C15H23BrClN3. The zero-order valence-corrected chi connectivity index (χ0v) is 14.8. The molecule has 3 nitrogen and oxygen atoms in total. The molecule has 112 valence electrons. The van der Waals surface area contributed by atoms with Crippen molar-refractivity contribution >= 4 is 33.3 Å². The molecule has 1 aromatic rings. The van der Waals surface area contributed by atoms with Crippen LogP contribution in [0.4, 0.5) is 5.82 Å². The van der Waals surface area contributed by atoms with Crippen LogP contribution in [0.1, 0.15) is 32.6 Å². The van der Waals surface area contributed by atoms with Gasteiger partial charge in [-0.05, 0) is 54.9 Å². The molecule has 1 heterocycles. The van der Waals surface area contributed by atoms with E-state index in [-0.39, 0.29) is 5.54 Å². The first kappa shape index (κ1) is 16.1. The van der Waals surface area contributed by atoms with Crippen LogP contribution >= 0.6 is 27.5 Å². The van der Waals surface area contributed by atoms with E-state index in [9.17, 15) is 0 Å². The van der Waals surface area contributed by atoms with E-state index in [1.165, 1.54) is 25.7 Å². The Bertz CT molecular complexity index is 466. The van der Waals surface area contributed by atoms with Crippen LogP contribution < -0.4 is 5.32 Å². The van der Waals surface area contributed by atoms with Gasteiger partial charge in [0.15, 0.2) is 0 Å². The molecule has 0 saturated heterocycles. The summed E-state index contributed by atoms with van der Waals surface area (Å²) in [5, 5.41) is 4.11. The first-order valence-corrected chi connectivity index (χ1v) is 8.32. The second-order valence-electron chi connectivity index (χ2n) is 6.16. The summed E-state index contributed by atoms with van der Waals surface area (Å²) in [5.74, 6) is 1.55. The van der Waals surface area contributed by atoms with Crippen molar-refractivity contribution in [1.82, 2.24) is 9.88 Å². The number of hydrogen-bond donors (Lipinski definition) is 1. The average Bonchev–Trinajstić information content (AvgIpc) is 2.37. The van der Waals surface area contributed by atoms with Crippen LogP contribution in [0, 0.1) is 5.92 Å². The predicted octanol–water partition coefficient (Wildman–Crippen LogP) is 4.42. The molecule has 1 N–H and O–H groups in total. The molecule has 0 amide bonds. The molecule has 1 aliphatic rings. The second kappa shape index (κ2) is 6.63. The molecule has 1 aliphatic carbocycles. The quantitative estimate of drug-likeness (QED) is 0.861. The van der Waals surface area contributed by atoms with Crippen molar-refractivity contribution in [3.63, 3.8) is 0 Å². The summed E-state index contributed by atoms with van der Waals surface area (Å²) in [7, 11) is 4.35. The van der Waals surface area contributed by atoms with Crippen LogP contribution in [-0.2, 0) is 0 Å². The zero-order valence-electron chi connectivity index (χ0n) is 12.4. The minimum absolute atomic E-state index is 0.204. The molecule has 2 atom stereocenters. The molecule has 0 aromatic carbocycles. The van der Waals surface area contributed by atoms with Gasteiger partial charge in [0.2, 0.25) is 0 Å². The second-order valence-corrected chi connectivity index (χ2v) is 7.48. The maximum absolute atomic E-state index is 6.23. The van der Waals surface area contributed by atoms with E-state index in [0.29, 0.717) is 5.02 Å². The number of halogens is 2. The van der Waals surface area contributed by atoms with Crippen LogP contribution in [0.3, 0.4) is 0 Å². The van der Waals surface area contributed by atoms with Crippen LogP contribution in [0.2, 0.25) is 5.02 Å². The van der Waals surface area contributed by atoms with Gasteiger partial charge in [0.1, 0.15) is 5.82 Å². The van der Waals surface area contributed by atoms with Gasteiger partial charge in [-0.1, -0.05) is 31.4 Å². The minimum Gasteiger partial charge on any atom is -0.367 e. The van der Waals surface area contributed by atoms with Crippen LogP contribution in [0.15, 0.2) is 16.7 Å². The summed E-state index contributed by atoms with van der Waals surface area (Å²) in [6.07, 6.45) is 6.86. The highest BCUT2D eigenvalue weighted by Gasteiger charge is 2.36. The molecule has 20 heavy (non-hydrogen) atoms. The summed E-state index contributed by atoms with van der Waals surface area (Å²) in [6.45, 7) is 3.24. The van der Waals surface area contributed by atoms with Gasteiger partial charge in [0, 0.05) is 22.8 Å². The van der Waals surface area contributed by atoms with E-state index in [0.717, 1.165) is 22.8 Å². The molecule has 0 radical (unpaired) electrons. The molecule has 2 rings (SSSR count). The number of likely N-dealkylation sites (N-methyl/N-ethyl adjacent to an activating group) is 1. The molecule has 0 aliphatic heterocycles. The topological polar surface area (TPSA) is 28.2 Å². The van der Waals surface area contributed by atoms with Gasteiger partial charge in [-0.15, -0.1) is 0 Å². The van der Waals surface area contributed by atoms with E-state index in [1.54, 1.807) is 6.20 Å². The Hall–Kier alpha value is -0.320. The Morgan fingerprint density at radius 2 is 2.30 bits per heavy atom. The maximum atomic E-state index is 6.23. The average molecular weight is 361 g/mol. The Kier molecular flexibility index (Phi) is 5.32. The zero-order chi connectivity index (χ0) is 14.8. The van der Waals surface area contributed by atoms with Crippen LogP contribution in [0.25, 0.3) is 0 Å². The predicted molar refractivity (Wildman–Crippen MR) is 89.5 cm³/mol. The number of rotatable bonds is 4. The van der Waals surface area contributed by atoms with Gasteiger partial charge < -0.3 is 10.2 Å². The largest absolute Gasteiger partial charge is 0.367 e. The smallest absolute Gasteiger partial charge is 0.144 e. The van der Waals surface area contributed by atoms with E-state index in [1.807, 2.05) is 6.07 Å². The third-order valence-corrected chi connectivity index (χ3v) is 5.13. The molecule has 1 saturated carbocycles. The van der Waals surface area contributed by atoms with Crippen molar-refractivity contribution in [3.05, 3.63) is 21.8 Å². The van der Waals surface area contributed by atoms with Crippen molar-refractivity contribution < 1.29 is 0 Å². The van der Waals surface area contributed by atoms with Gasteiger partial charge >= 0.3 is 0 Å². The summed E-state index contributed by atoms with van der Waals surface area (Å²) < 4.78 is 0.904. The normalized spacial score (nSPS) is 26.8. The van der Waals surface area contributed by atoms with Crippen LogP contribution in [-0.4, -0.2) is 36.1 Å². The van der Waals surface area contributed by atoms with Crippen molar-refractivity contribution in [2.24, 2.45) is 5.92 Å². The number of pyridine rings is 1. The SMILES string of the molecule is CC1CCCC(CNc2ncc(Br)cc2Cl)(N(C)C)C1. The van der Waals surface area contributed by atoms with Gasteiger partial charge in [-0.2, -0.15) is 0 Å². The summed E-state index contributed by atoms with van der Waals surface area (Å²) in [5.41, 5.74) is 0.204. The number of hydrogen-bond acceptors (Lipinski definition) is 3. The summed E-state index contributed by atoms with van der Waals surface area (Å²) >= 11 is 9.61. The van der Waals surface area contributed by atoms with E-state index < -0.39 is 0 Å². The first-order chi connectivity index (χ1) is 9.43. The highest BCUT2D eigenvalue weighted by atomic mass is 79.9. The molecule has 1 aromatic heterocycles. The van der Waals surface area contributed by atoms with E-state index in [2.05, 4.69) is 52.1 Å². The van der Waals surface area contributed by atoms with E-state index >= 15 is 0 Å². The summed E-state index contributed by atoms with van der Waals surface area (Å²) in [4.78, 5) is 6.73. The maximum Gasteiger partial charge on any atom is 0.144 e. The van der Waals surface area contributed by atoms with Gasteiger partial charge in [-0.3, -0.25) is 0 Å². The molecule has 0 spiro atoms. The minimum atomic E-state index is 0.204. The monoisotopic (exact) mass is 359 g/mol. The Morgan fingerprint density at radius 1 is 1.55 bits per heavy atom. The fourth-order valence-electron chi connectivity index (χ4n) is 3.15. The Morgan fingerprint density at radius 3 is 2.90 bits per heavy atom. The lowest BCUT2D eigenvalue weighted by atomic mass is 9.75. The van der Waals surface area contributed by atoms with Crippen molar-refractivity contribution in [1.29, 1.82) is 0 Å². The van der Waals surface area contributed by atoms with Gasteiger partial charge in [0.25, 0.3) is 0 Å². The van der Waals surface area contributed by atoms with E-state index in [4.69, 9.17) is 11.6 Å². The van der Waals surface area contributed by atoms with Crippen LogP contribution in [0.5, 0.6) is 0 Å².